The number of piperidine rings is 1. The minimum atomic E-state index is 0.762. The van der Waals surface area contributed by atoms with Gasteiger partial charge in [0, 0.05) is 36.8 Å². The largest absolute Gasteiger partial charge is 0.496 e. The third kappa shape index (κ3) is 4.95. The quantitative estimate of drug-likeness (QED) is 0.445. The number of rotatable bonds is 6. The average molecular weight is 356 g/mol. The average Bonchev–Trinajstić information content (AvgIpc) is 2.67. The van der Waals surface area contributed by atoms with Gasteiger partial charge in [-0.05, 0) is 56.0 Å². The van der Waals surface area contributed by atoms with E-state index in [0.717, 1.165) is 46.6 Å². The third-order valence-electron chi connectivity index (χ3n) is 4.22. The Bertz CT molecular complexity index is 715. The van der Waals surface area contributed by atoms with Crippen LogP contribution in [0.25, 0.3) is 0 Å². The molecule has 0 unspecified atom stereocenters. The van der Waals surface area contributed by atoms with Crippen molar-refractivity contribution in [1.82, 2.24) is 15.0 Å². The first kappa shape index (κ1) is 17.7. The molecule has 5 nitrogen and oxygen atoms in total. The van der Waals surface area contributed by atoms with Crippen LogP contribution in [0.5, 0.6) is 5.75 Å². The second-order valence-corrected chi connectivity index (χ2v) is 6.99. The minimum Gasteiger partial charge on any atom is -0.496 e. The molecular weight excluding hydrogens is 332 g/mol. The van der Waals surface area contributed by atoms with E-state index < -0.39 is 0 Å². The Labute approximate surface area is 153 Å². The zero-order chi connectivity index (χ0) is 17.5. The summed E-state index contributed by atoms with van der Waals surface area (Å²) in [5.41, 5.74) is 3.31. The number of hydrogen-bond donors (Lipinski definition) is 0. The van der Waals surface area contributed by atoms with E-state index in [1.54, 1.807) is 31.3 Å². The van der Waals surface area contributed by atoms with Crippen molar-refractivity contribution in [3.05, 3.63) is 47.8 Å². The Kier molecular flexibility index (Phi) is 6.28. The number of nitrogens with zero attached hydrogens (tertiary/aromatic N) is 4. The molecule has 0 bridgehead atoms. The van der Waals surface area contributed by atoms with E-state index >= 15 is 0 Å². The van der Waals surface area contributed by atoms with Crippen molar-refractivity contribution in [3.63, 3.8) is 0 Å². The van der Waals surface area contributed by atoms with Crippen LogP contribution in [0, 0.1) is 0 Å². The van der Waals surface area contributed by atoms with Crippen LogP contribution in [0.3, 0.4) is 0 Å². The summed E-state index contributed by atoms with van der Waals surface area (Å²) in [6.07, 6.45) is 7.31. The SMILES string of the molecule is COc1ccc(C(C)=NN2CCCCC2)cc1CSc1ncccn1. The maximum atomic E-state index is 5.51. The predicted molar refractivity (Wildman–Crippen MR) is 102 cm³/mol. The summed E-state index contributed by atoms with van der Waals surface area (Å²) < 4.78 is 5.51. The van der Waals surface area contributed by atoms with Crippen LogP contribution in [-0.2, 0) is 5.75 Å². The predicted octanol–water partition coefficient (Wildman–Crippen LogP) is 3.99. The molecule has 1 fully saturated rings. The standard InChI is InChI=1S/C19H24N4OS/c1-15(22-23-11-4-3-5-12-23)16-7-8-18(24-2)17(13-16)14-25-19-20-9-6-10-21-19/h6-10,13H,3-5,11-12,14H2,1-2H3. The number of aromatic nitrogens is 2. The van der Waals surface area contributed by atoms with Crippen molar-refractivity contribution in [2.75, 3.05) is 20.2 Å². The molecule has 1 aliphatic rings. The van der Waals surface area contributed by atoms with Crippen molar-refractivity contribution in [1.29, 1.82) is 0 Å². The molecule has 1 saturated heterocycles. The van der Waals surface area contributed by atoms with Gasteiger partial charge < -0.3 is 4.74 Å². The van der Waals surface area contributed by atoms with E-state index in [-0.39, 0.29) is 0 Å². The van der Waals surface area contributed by atoms with Crippen molar-refractivity contribution in [3.8, 4) is 5.75 Å². The van der Waals surface area contributed by atoms with Crippen LogP contribution in [0.1, 0.15) is 37.3 Å². The monoisotopic (exact) mass is 356 g/mol. The van der Waals surface area contributed by atoms with E-state index in [0.29, 0.717) is 0 Å². The lowest BCUT2D eigenvalue weighted by molar-refractivity contribution is 0.239. The summed E-state index contributed by atoms with van der Waals surface area (Å²) in [7, 11) is 1.71. The van der Waals surface area contributed by atoms with Crippen LogP contribution in [-0.4, -0.2) is 40.9 Å². The highest BCUT2D eigenvalue weighted by Crippen LogP contribution is 2.27. The van der Waals surface area contributed by atoms with Gasteiger partial charge in [0.15, 0.2) is 5.16 Å². The first-order valence-electron chi connectivity index (χ1n) is 8.63. The van der Waals surface area contributed by atoms with Gasteiger partial charge in [-0.15, -0.1) is 0 Å². The lowest BCUT2D eigenvalue weighted by atomic mass is 10.1. The zero-order valence-electron chi connectivity index (χ0n) is 14.8. The first-order valence-corrected chi connectivity index (χ1v) is 9.62. The second kappa shape index (κ2) is 8.85. The Morgan fingerprint density at radius 2 is 1.96 bits per heavy atom. The third-order valence-corrected chi connectivity index (χ3v) is 5.15. The van der Waals surface area contributed by atoms with E-state index in [1.807, 2.05) is 12.1 Å². The zero-order valence-corrected chi connectivity index (χ0v) is 15.6. The number of ether oxygens (including phenoxy) is 1. The summed E-state index contributed by atoms with van der Waals surface area (Å²) in [5.74, 6) is 1.65. The first-order chi connectivity index (χ1) is 12.3. The lowest BCUT2D eigenvalue weighted by Crippen LogP contribution is -2.25. The maximum absolute atomic E-state index is 5.51. The van der Waals surface area contributed by atoms with Gasteiger partial charge in [0.2, 0.25) is 0 Å². The molecule has 1 aliphatic heterocycles. The van der Waals surface area contributed by atoms with E-state index in [1.165, 1.54) is 19.3 Å². The van der Waals surface area contributed by atoms with Gasteiger partial charge in [0.05, 0.1) is 12.8 Å². The van der Waals surface area contributed by atoms with Gasteiger partial charge in [-0.25, -0.2) is 9.97 Å². The lowest BCUT2D eigenvalue weighted by Gasteiger charge is -2.24. The second-order valence-electron chi connectivity index (χ2n) is 6.05. The Balaban J connectivity index is 1.75. The molecule has 25 heavy (non-hydrogen) atoms. The smallest absolute Gasteiger partial charge is 0.187 e. The van der Waals surface area contributed by atoms with E-state index in [2.05, 4.69) is 34.0 Å². The molecule has 0 aliphatic carbocycles. The molecule has 0 N–H and O–H groups in total. The summed E-state index contributed by atoms with van der Waals surface area (Å²) >= 11 is 1.61. The summed E-state index contributed by atoms with van der Waals surface area (Å²) in [6.45, 7) is 4.19. The molecule has 0 amide bonds. The van der Waals surface area contributed by atoms with Crippen LogP contribution >= 0.6 is 11.8 Å². The Morgan fingerprint density at radius 1 is 1.20 bits per heavy atom. The maximum Gasteiger partial charge on any atom is 0.187 e. The molecule has 2 aromatic rings. The highest BCUT2D eigenvalue weighted by Gasteiger charge is 2.11. The molecule has 0 atom stereocenters. The minimum absolute atomic E-state index is 0.762. The van der Waals surface area contributed by atoms with Crippen molar-refractivity contribution in [2.24, 2.45) is 5.10 Å². The van der Waals surface area contributed by atoms with Crippen LogP contribution in [0.15, 0.2) is 46.9 Å². The van der Waals surface area contributed by atoms with E-state index in [9.17, 15) is 0 Å². The topological polar surface area (TPSA) is 50.6 Å². The fraction of sp³-hybridized carbons (Fsp3) is 0.421. The molecule has 0 saturated carbocycles. The molecule has 3 rings (SSSR count). The molecule has 2 heterocycles. The number of benzene rings is 1. The number of methoxy groups -OCH3 is 1. The van der Waals surface area contributed by atoms with Crippen LogP contribution < -0.4 is 4.74 Å². The summed E-state index contributed by atoms with van der Waals surface area (Å²) in [4.78, 5) is 8.53. The van der Waals surface area contributed by atoms with Crippen LogP contribution in [0.2, 0.25) is 0 Å². The number of thioether (sulfide) groups is 1. The highest BCUT2D eigenvalue weighted by molar-refractivity contribution is 7.98. The van der Waals surface area contributed by atoms with Crippen molar-refractivity contribution >= 4 is 17.5 Å². The normalized spacial score (nSPS) is 15.3. The van der Waals surface area contributed by atoms with Gasteiger partial charge in [0.25, 0.3) is 0 Å². The molecule has 6 heteroatoms. The molecular formula is C19H24N4OS. The Morgan fingerprint density at radius 3 is 2.68 bits per heavy atom. The van der Waals surface area contributed by atoms with Gasteiger partial charge in [-0.3, -0.25) is 5.01 Å². The van der Waals surface area contributed by atoms with Gasteiger partial charge in [-0.2, -0.15) is 5.10 Å². The summed E-state index contributed by atoms with van der Waals surface area (Å²) in [5, 5.41) is 7.76. The summed E-state index contributed by atoms with van der Waals surface area (Å²) in [6, 6.07) is 8.09. The fourth-order valence-electron chi connectivity index (χ4n) is 2.87. The van der Waals surface area contributed by atoms with Gasteiger partial charge in [-0.1, -0.05) is 11.8 Å². The Hall–Kier alpha value is -2.08. The number of hydrogen-bond acceptors (Lipinski definition) is 6. The van der Waals surface area contributed by atoms with Gasteiger partial charge >= 0.3 is 0 Å². The molecule has 0 radical (unpaired) electrons. The number of hydrazone groups is 1. The van der Waals surface area contributed by atoms with Crippen LogP contribution in [0.4, 0.5) is 0 Å². The van der Waals surface area contributed by atoms with Crippen molar-refractivity contribution in [2.45, 2.75) is 37.1 Å². The molecule has 0 spiro atoms. The fourth-order valence-corrected chi connectivity index (χ4v) is 3.65. The molecule has 1 aromatic heterocycles. The van der Waals surface area contributed by atoms with Crippen molar-refractivity contribution < 1.29 is 4.74 Å². The molecule has 1 aromatic carbocycles. The van der Waals surface area contributed by atoms with Gasteiger partial charge in [0.1, 0.15) is 5.75 Å². The van der Waals surface area contributed by atoms with E-state index in [4.69, 9.17) is 9.84 Å². The highest BCUT2D eigenvalue weighted by atomic mass is 32.2. The molecule has 132 valence electrons.